The van der Waals surface area contributed by atoms with Crippen molar-refractivity contribution in [2.75, 3.05) is 44.3 Å². The van der Waals surface area contributed by atoms with Gasteiger partial charge in [0.15, 0.2) is 23.7 Å². The second-order valence-corrected chi connectivity index (χ2v) is 23.9. The van der Waals surface area contributed by atoms with Crippen LogP contribution in [0.4, 0.5) is 24.2 Å². The molecule has 12 rings (SSSR count). The first kappa shape index (κ1) is 55.7. The van der Waals surface area contributed by atoms with Crippen LogP contribution in [0.5, 0.6) is 6.01 Å². The van der Waals surface area contributed by atoms with Crippen molar-refractivity contribution in [1.29, 1.82) is 0 Å². The van der Waals surface area contributed by atoms with Crippen molar-refractivity contribution >= 4 is 69.1 Å². The van der Waals surface area contributed by atoms with E-state index in [0.717, 1.165) is 80.7 Å². The normalized spacial score (nSPS) is 24.6. The number of pyridine rings is 1. The van der Waals surface area contributed by atoms with Gasteiger partial charge in [0.05, 0.1) is 22.0 Å². The van der Waals surface area contributed by atoms with Gasteiger partial charge in [0.2, 0.25) is 11.8 Å². The Hall–Kier alpha value is -7.85. The van der Waals surface area contributed by atoms with Crippen LogP contribution in [0.3, 0.4) is 0 Å². The highest BCUT2D eigenvalue weighted by molar-refractivity contribution is 6.09. The number of urea groups is 1. The molecule has 4 atom stereocenters. The molecule has 8 heterocycles. The van der Waals surface area contributed by atoms with Gasteiger partial charge in [-0.15, -0.1) is 6.42 Å². The topological polar surface area (TPSA) is 180 Å². The van der Waals surface area contributed by atoms with E-state index in [1.165, 1.54) is 16.5 Å². The molecule has 5 amide bonds. The van der Waals surface area contributed by atoms with Crippen LogP contribution in [0.25, 0.3) is 43.8 Å². The van der Waals surface area contributed by atoms with Gasteiger partial charge in [0.25, 0.3) is 0 Å². The summed E-state index contributed by atoms with van der Waals surface area (Å²) >= 11 is 0. The maximum Gasteiger partial charge on any atom is 0.407 e. The first-order valence-corrected chi connectivity index (χ1v) is 29.7. The Morgan fingerprint density at radius 3 is 2.55 bits per heavy atom. The summed E-state index contributed by atoms with van der Waals surface area (Å²) in [6.45, 7) is 13.7. The predicted octanol–water partition coefficient (Wildman–Crippen LogP) is 10.2. The fourth-order valence-electron chi connectivity index (χ4n) is 14.4. The van der Waals surface area contributed by atoms with Crippen molar-refractivity contribution in [1.82, 2.24) is 45.2 Å². The van der Waals surface area contributed by atoms with Gasteiger partial charge >= 0.3 is 18.1 Å². The molecule has 17 nitrogen and oxygen atoms in total. The summed E-state index contributed by atoms with van der Waals surface area (Å²) < 4.78 is 49.2. The lowest BCUT2D eigenvalue weighted by molar-refractivity contribution is -0.604. The molecule has 5 saturated heterocycles. The molecule has 0 spiro atoms. The maximum atomic E-state index is 17.5. The van der Waals surface area contributed by atoms with E-state index in [2.05, 4.69) is 63.5 Å². The van der Waals surface area contributed by atoms with E-state index in [-0.39, 0.29) is 96.8 Å². The smallest absolute Gasteiger partial charge is 0.407 e. The van der Waals surface area contributed by atoms with Gasteiger partial charge in [-0.05, 0) is 106 Å². The first-order valence-electron chi connectivity index (χ1n) is 29.7. The number of ether oxygens (including phenoxy) is 2. The fourth-order valence-corrected chi connectivity index (χ4v) is 14.4. The molecule has 1 aliphatic carbocycles. The van der Waals surface area contributed by atoms with Gasteiger partial charge in [0, 0.05) is 99.4 Å². The van der Waals surface area contributed by atoms with Crippen molar-refractivity contribution in [3.05, 3.63) is 95.3 Å². The minimum absolute atomic E-state index is 0.00911. The number of carbonyl (C=O) groups excluding carboxylic acids is 4. The molecule has 5 aliphatic heterocycles. The zero-order valence-corrected chi connectivity index (χ0v) is 47.4. The summed E-state index contributed by atoms with van der Waals surface area (Å²) in [6, 6.07) is 13.8. The molecule has 3 aromatic heterocycles. The Bertz CT molecular complexity index is 3640. The highest BCUT2D eigenvalue weighted by atomic mass is 19.1. The van der Waals surface area contributed by atoms with E-state index in [4.69, 9.17) is 30.8 Å². The molecule has 1 unspecified atom stereocenters. The number of alkyl carbamates (subject to hydrolysis) is 1. The third kappa shape index (κ3) is 10.7. The minimum Gasteiger partial charge on any atom is -0.461 e. The van der Waals surface area contributed by atoms with Gasteiger partial charge in [-0.25, -0.2) is 22.9 Å². The van der Waals surface area contributed by atoms with Crippen molar-refractivity contribution in [2.45, 2.75) is 145 Å². The molecule has 2 N–H and O–H groups in total. The molecule has 3 aromatic carbocycles. The summed E-state index contributed by atoms with van der Waals surface area (Å²) in [5.41, 5.74) is 3.65. The number of rotatable bonds is 12. The number of nitrogens with zero attached hydrogens (tertiary/aromatic N) is 9. The zero-order chi connectivity index (χ0) is 57.7. The standard InChI is InChI=1S/C64H71F2N11O6/c1-6-44-13-9-8-10-15-51(73(44)4)56-49-34-67-57(48-14-11-12-40-19-23-50(65)46(7-2)54(40)48)55(66)58(49)71-61(70-56)83-37-64-28-24-45(77(64)35-38(3)33-64)36-82-63(81)68-43-20-16-41(17-21-43)60(79)75-29-25-39(26-30-75)42-18-22-47-52(32-42)74(5)72-59(47)76-31-27-53(78)69-62(76)80/h2,11-12,14,18-19,22-23,32,34,39,41,43-45,51H,3-4,6,8-10,13,15-17,20-21,24-31,33,35-37H2,1,5H3,(H-,68,69,78,80,81)/p+1/t41?,43?,44-,45+,51?,64+/m1/s1. The monoisotopic (exact) mass is 1130 g/mol. The van der Waals surface area contributed by atoms with Gasteiger partial charge < -0.3 is 19.7 Å². The van der Waals surface area contributed by atoms with Crippen molar-refractivity contribution in [3.8, 4) is 29.6 Å². The molecular weight excluding hydrogens is 1060 g/mol. The van der Waals surface area contributed by atoms with E-state index in [0.29, 0.717) is 85.0 Å². The van der Waals surface area contributed by atoms with Gasteiger partial charge in [0.1, 0.15) is 42.7 Å². The number of hydrogen-bond acceptors (Lipinski definition) is 11. The summed E-state index contributed by atoms with van der Waals surface area (Å²) in [7, 11) is 1.86. The minimum atomic E-state index is -0.689. The van der Waals surface area contributed by atoms with Gasteiger partial charge in [-0.2, -0.15) is 15.1 Å². The van der Waals surface area contributed by atoms with Crippen LogP contribution < -0.4 is 20.3 Å². The lowest BCUT2D eigenvalue weighted by atomic mass is 9.84. The highest BCUT2D eigenvalue weighted by Crippen LogP contribution is 2.45. The number of aromatic nitrogens is 5. The largest absolute Gasteiger partial charge is 0.461 e. The van der Waals surface area contributed by atoms with Crippen LogP contribution in [0.15, 0.2) is 66.9 Å². The Morgan fingerprint density at radius 1 is 0.964 bits per heavy atom. The number of hydrogen-bond donors (Lipinski definition) is 2. The predicted molar refractivity (Wildman–Crippen MR) is 312 cm³/mol. The number of carbonyl (C=O) groups is 4. The number of anilines is 1. The molecule has 6 fully saturated rings. The van der Waals surface area contributed by atoms with E-state index < -0.39 is 29.3 Å². The average Bonchev–Trinajstić information content (AvgIpc) is 4.34. The van der Waals surface area contributed by atoms with Crippen molar-refractivity contribution in [2.24, 2.45) is 13.0 Å². The molecular formula is C64H72F2N11O6+. The van der Waals surface area contributed by atoms with Crippen LogP contribution in [-0.2, 0) is 21.4 Å². The molecule has 1 saturated carbocycles. The number of fused-ring (bicyclic) bond motifs is 4. The molecule has 6 aromatic rings. The van der Waals surface area contributed by atoms with Gasteiger partial charge in [-0.1, -0.05) is 61.7 Å². The number of imide groups is 1. The number of halogens is 2. The summed E-state index contributed by atoms with van der Waals surface area (Å²) in [4.78, 5) is 72.1. The number of nitrogens with one attached hydrogen (secondary N) is 2. The molecule has 19 heteroatoms. The van der Waals surface area contributed by atoms with Crippen LogP contribution in [0.1, 0.15) is 138 Å². The third-order valence-electron chi connectivity index (χ3n) is 18.9. The van der Waals surface area contributed by atoms with Crippen molar-refractivity contribution < 1.29 is 42.0 Å². The molecule has 0 radical (unpaired) electrons. The second-order valence-electron chi connectivity index (χ2n) is 23.9. The Labute approximate surface area is 481 Å². The van der Waals surface area contributed by atoms with E-state index in [1.807, 2.05) is 24.1 Å². The average molecular weight is 1130 g/mol. The SMILES string of the molecule is C#Cc1c(F)ccc2cccc(-c3ncc4c(C5CCCCC[C@@H](CC)[N+]5=C)nc(OC[C@@]56CC[C@@H](COC(=O)NC7CCC(C(=O)N8CCC(c9ccc%10c(N%11CCC(=O)NC%11=O)nn(C)c%10c9)CC8)CC7)N5CC(=C)C6)nc4c3F)c12. The number of amides is 5. The number of terminal acetylenes is 1. The van der Waals surface area contributed by atoms with Gasteiger partial charge in [-0.3, -0.25) is 34.4 Å². The molecule has 0 bridgehead atoms. The second kappa shape index (κ2) is 23.1. The number of likely N-dealkylation sites (tertiary alicyclic amines) is 1. The maximum absolute atomic E-state index is 17.5. The molecule has 6 aliphatic rings. The molecule has 83 heavy (non-hydrogen) atoms. The van der Waals surface area contributed by atoms with Crippen LogP contribution in [0.2, 0.25) is 0 Å². The Morgan fingerprint density at radius 2 is 1.77 bits per heavy atom. The summed E-state index contributed by atoms with van der Waals surface area (Å²) in [5, 5.41) is 12.5. The lowest BCUT2D eigenvalue weighted by Crippen LogP contribution is -2.49. The molecule has 432 valence electrons. The van der Waals surface area contributed by atoms with E-state index in [9.17, 15) is 19.2 Å². The summed E-state index contributed by atoms with van der Waals surface area (Å²) in [6.07, 6.45) is 19.5. The van der Waals surface area contributed by atoms with Crippen LogP contribution in [-0.4, -0.2) is 133 Å². The fraction of sp³-hybridized carbons (Fsp3) is 0.484. The number of benzene rings is 3. The summed E-state index contributed by atoms with van der Waals surface area (Å²) in [5.74, 6) is 1.82. The Kier molecular flexibility index (Phi) is 15.5. The zero-order valence-electron chi connectivity index (χ0n) is 47.4. The first-order chi connectivity index (χ1) is 40.2. The highest BCUT2D eigenvalue weighted by Gasteiger charge is 2.52. The van der Waals surface area contributed by atoms with Crippen molar-refractivity contribution in [3.63, 3.8) is 0 Å². The van der Waals surface area contributed by atoms with Crippen LogP contribution in [0, 0.1) is 29.9 Å². The Balaban J connectivity index is 0.672. The number of piperidine rings is 1. The van der Waals surface area contributed by atoms with E-state index >= 15 is 8.78 Å². The van der Waals surface area contributed by atoms with E-state index in [1.54, 1.807) is 29.1 Å². The quantitative estimate of drug-likeness (QED) is 0.0677. The third-order valence-corrected chi connectivity index (χ3v) is 18.9. The number of aryl methyl sites for hydroxylation is 1. The lowest BCUT2D eigenvalue weighted by Gasteiger charge is -2.36. The van der Waals surface area contributed by atoms with Crippen LogP contribution >= 0.6 is 0 Å².